The second-order valence-electron chi connectivity index (χ2n) is 5.87. The van der Waals surface area contributed by atoms with Gasteiger partial charge in [0.05, 0.1) is 4.90 Å². The molecule has 1 aliphatic rings. The van der Waals surface area contributed by atoms with Crippen molar-refractivity contribution in [1.82, 2.24) is 4.72 Å². The maximum absolute atomic E-state index is 13.3. The van der Waals surface area contributed by atoms with Gasteiger partial charge in [0.15, 0.2) is 11.6 Å². The van der Waals surface area contributed by atoms with Crippen LogP contribution in [0, 0.1) is 11.6 Å². The number of thiophene rings is 1. The molecule has 1 fully saturated rings. The largest absolute Gasteiger partial charge is 0.240 e. The lowest BCUT2D eigenvalue weighted by molar-refractivity contribution is 0.440. The van der Waals surface area contributed by atoms with Gasteiger partial charge in [0, 0.05) is 16.8 Å². The minimum atomic E-state index is -3.87. The van der Waals surface area contributed by atoms with Gasteiger partial charge in [0.2, 0.25) is 10.0 Å². The molecule has 1 saturated carbocycles. The van der Waals surface area contributed by atoms with Gasteiger partial charge in [0.1, 0.15) is 0 Å². The van der Waals surface area contributed by atoms with Crippen LogP contribution in [0.15, 0.2) is 40.6 Å². The Kier molecular flexibility index (Phi) is 4.53. The van der Waals surface area contributed by atoms with Gasteiger partial charge in [-0.3, -0.25) is 0 Å². The lowest BCUT2D eigenvalue weighted by Crippen LogP contribution is -2.38. The van der Waals surface area contributed by atoms with Crippen LogP contribution in [-0.4, -0.2) is 15.0 Å². The fraction of sp³-hybridized carbons (Fsp3) is 0.375. The average Bonchev–Trinajstić information content (AvgIpc) is 3.19. The SMILES string of the molecule is O=S(=O)(NCC1(c2cccs2)CCCC1)c1ccc(F)c(F)c1. The molecule has 0 unspecified atom stereocenters. The summed E-state index contributed by atoms with van der Waals surface area (Å²) in [5, 5.41) is 1.99. The Balaban J connectivity index is 1.81. The van der Waals surface area contributed by atoms with E-state index in [4.69, 9.17) is 0 Å². The Labute approximate surface area is 138 Å². The molecule has 124 valence electrons. The van der Waals surface area contributed by atoms with Crippen LogP contribution in [0.2, 0.25) is 0 Å². The maximum Gasteiger partial charge on any atom is 0.240 e. The summed E-state index contributed by atoms with van der Waals surface area (Å²) >= 11 is 1.63. The standard InChI is InChI=1S/C16H17F2NO2S2/c17-13-6-5-12(10-14(13)18)23(20,21)19-11-16(7-1-2-8-16)15-4-3-9-22-15/h3-6,9-10,19H,1-2,7-8,11H2. The van der Waals surface area contributed by atoms with Crippen molar-refractivity contribution in [2.75, 3.05) is 6.54 Å². The number of hydrogen-bond donors (Lipinski definition) is 1. The van der Waals surface area contributed by atoms with Gasteiger partial charge in [-0.05, 0) is 42.5 Å². The highest BCUT2D eigenvalue weighted by molar-refractivity contribution is 7.89. The molecule has 0 bridgehead atoms. The first-order valence-corrected chi connectivity index (χ1v) is 9.78. The van der Waals surface area contributed by atoms with Crippen LogP contribution in [0.1, 0.15) is 30.6 Å². The fourth-order valence-corrected chi connectivity index (χ4v) is 5.23. The van der Waals surface area contributed by atoms with Crippen molar-refractivity contribution in [2.45, 2.75) is 36.0 Å². The van der Waals surface area contributed by atoms with E-state index in [-0.39, 0.29) is 16.9 Å². The molecule has 1 N–H and O–H groups in total. The van der Waals surface area contributed by atoms with Gasteiger partial charge in [-0.2, -0.15) is 0 Å². The van der Waals surface area contributed by atoms with E-state index >= 15 is 0 Å². The Morgan fingerprint density at radius 2 is 1.87 bits per heavy atom. The lowest BCUT2D eigenvalue weighted by atomic mass is 9.85. The highest BCUT2D eigenvalue weighted by atomic mass is 32.2. The summed E-state index contributed by atoms with van der Waals surface area (Å²) in [4.78, 5) is 0.915. The van der Waals surface area contributed by atoms with Crippen LogP contribution in [0.5, 0.6) is 0 Å². The summed E-state index contributed by atoms with van der Waals surface area (Å²) < 4.78 is 53.6. The first-order valence-electron chi connectivity index (χ1n) is 7.42. The van der Waals surface area contributed by atoms with Gasteiger partial charge in [-0.25, -0.2) is 21.9 Å². The van der Waals surface area contributed by atoms with Gasteiger partial charge in [0.25, 0.3) is 0 Å². The molecule has 3 nitrogen and oxygen atoms in total. The summed E-state index contributed by atoms with van der Waals surface area (Å²) in [5.41, 5.74) is -0.195. The summed E-state index contributed by atoms with van der Waals surface area (Å²) in [7, 11) is -3.87. The second-order valence-corrected chi connectivity index (χ2v) is 8.58. The fourth-order valence-electron chi connectivity index (χ4n) is 3.10. The molecular weight excluding hydrogens is 340 g/mol. The zero-order valence-corrected chi connectivity index (χ0v) is 14.0. The summed E-state index contributed by atoms with van der Waals surface area (Å²) in [6, 6.07) is 6.61. The highest BCUT2D eigenvalue weighted by Gasteiger charge is 2.37. The Morgan fingerprint density at radius 1 is 1.13 bits per heavy atom. The van der Waals surface area contributed by atoms with Crippen molar-refractivity contribution < 1.29 is 17.2 Å². The van der Waals surface area contributed by atoms with Gasteiger partial charge >= 0.3 is 0 Å². The van der Waals surface area contributed by atoms with Crippen LogP contribution < -0.4 is 4.72 Å². The van der Waals surface area contributed by atoms with Crippen molar-refractivity contribution in [1.29, 1.82) is 0 Å². The molecule has 1 heterocycles. The molecule has 0 atom stereocenters. The van der Waals surface area contributed by atoms with E-state index in [1.807, 2.05) is 17.5 Å². The van der Waals surface area contributed by atoms with Crippen molar-refractivity contribution >= 4 is 21.4 Å². The first-order chi connectivity index (χ1) is 10.9. The van der Waals surface area contributed by atoms with E-state index < -0.39 is 21.7 Å². The minimum absolute atomic E-state index is 0.195. The molecule has 0 amide bonds. The number of sulfonamides is 1. The lowest BCUT2D eigenvalue weighted by Gasteiger charge is -2.28. The summed E-state index contributed by atoms with van der Waals surface area (Å²) in [6.07, 6.45) is 3.97. The smallest absolute Gasteiger partial charge is 0.210 e. The monoisotopic (exact) mass is 357 g/mol. The van der Waals surface area contributed by atoms with Gasteiger partial charge in [-0.15, -0.1) is 11.3 Å². The third kappa shape index (κ3) is 3.32. The molecule has 1 aliphatic carbocycles. The second kappa shape index (κ2) is 6.30. The minimum Gasteiger partial charge on any atom is -0.210 e. The average molecular weight is 357 g/mol. The molecule has 23 heavy (non-hydrogen) atoms. The molecular formula is C16H17F2NO2S2. The third-order valence-corrected chi connectivity index (χ3v) is 6.92. The first kappa shape index (κ1) is 16.5. The van der Waals surface area contributed by atoms with E-state index in [2.05, 4.69) is 4.72 Å². The van der Waals surface area contributed by atoms with Crippen molar-refractivity contribution in [2.24, 2.45) is 0 Å². The zero-order valence-electron chi connectivity index (χ0n) is 12.4. The number of benzene rings is 1. The Hall–Kier alpha value is -1.31. The van der Waals surface area contributed by atoms with Crippen LogP contribution in [-0.2, 0) is 15.4 Å². The van der Waals surface area contributed by atoms with Crippen LogP contribution >= 0.6 is 11.3 Å². The molecule has 3 rings (SSSR count). The van der Waals surface area contributed by atoms with Crippen molar-refractivity contribution in [3.63, 3.8) is 0 Å². The molecule has 0 spiro atoms. The molecule has 7 heteroatoms. The summed E-state index contributed by atoms with van der Waals surface area (Å²) in [6.45, 7) is 0.273. The quantitative estimate of drug-likeness (QED) is 0.884. The predicted molar refractivity (Wildman–Crippen MR) is 86.0 cm³/mol. The van der Waals surface area contributed by atoms with E-state index in [1.165, 1.54) is 4.88 Å². The highest BCUT2D eigenvalue weighted by Crippen LogP contribution is 2.42. The normalized spacial score (nSPS) is 17.5. The molecule has 2 aromatic rings. The van der Waals surface area contributed by atoms with Gasteiger partial charge < -0.3 is 0 Å². The van der Waals surface area contributed by atoms with Crippen molar-refractivity contribution in [3.05, 3.63) is 52.2 Å². The van der Waals surface area contributed by atoms with E-state index in [0.29, 0.717) is 6.07 Å². The van der Waals surface area contributed by atoms with Gasteiger partial charge in [-0.1, -0.05) is 18.9 Å². The topological polar surface area (TPSA) is 46.2 Å². The van der Waals surface area contributed by atoms with Crippen LogP contribution in [0.25, 0.3) is 0 Å². The predicted octanol–water partition coefficient (Wildman–Crippen LogP) is 3.82. The Morgan fingerprint density at radius 3 is 2.48 bits per heavy atom. The molecule has 0 radical (unpaired) electrons. The molecule has 1 aromatic carbocycles. The molecule has 0 aliphatic heterocycles. The molecule has 1 aromatic heterocycles. The Bertz CT molecular complexity index is 782. The third-order valence-electron chi connectivity index (χ3n) is 4.41. The van der Waals surface area contributed by atoms with Crippen LogP contribution in [0.4, 0.5) is 8.78 Å². The summed E-state index contributed by atoms with van der Waals surface area (Å²) in [5.74, 6) is -2.23. The number of rotatable bonds is 5. The maximum atomic E-state index is 13.3. The zero-order chi connectivity index (χ0) is 16.5. The van der Waals surface area contributed by atoms with Crippen molar-refractivity contribution in [3.8, 4) is 0 Å². The van der Waals surface area contributed by atoms with Crippen LogP contribution in [0.3, 0.4) is 0 Å². The number of nitrogens with one attached hydrogen (secondary N) is 1. The number of hydrogen-bond acceptors (Lipinski definition) is 3. The van der Waals surface area contributed by atoms with E-state index in [9.17, 15) is 17.2 Å². The molecule has 0 saturated heterocycles. The number of halogens is 2. The van der Waals surface area contributed by atoms with E-state index in [0.717, 1.165) is 37.8 Å². The van der Waals surface area contributed by atoms with E-state index in [1.54, 1.807) is 11.3 Å².